The zero-order chi connectivity index (χ0) is 23.4. The molecule has 0 saturated carbocycles. The highest BCUT2D eigenvalue weighted by Crippen LogP contribution is 2.48. The lowest BCUT2D eigenvalue weighted by Gasteiger charge is -2.13. The lowest BCUT2D eigenvalue weighted by molar-refractivity contribution is 0.0509. The standard InChI is InChI=1S/C29H30N2O3.H2S/c1-3-17(2)34-16-18-9-10-24-21(13-18)26-23-15-30-29(33)27(23)25-20-8-5-4-7-19(20)14-22(25)28(26)31(24)11-6-12-32;/h4-5,7-10,13,17,32H,3,6,11-12,14-16H2,1-2H3,(H,30,33);1H2/t17-;/m1./s1. The molecular weight excluding hydrogens is 456 g/mol. The van der Waals surface area contributed by atoms with E-state index in [1.165, 1.54) is 33.0 Å². The Hall–Kier alpha value is -2.80. The van der Waals surface area contributed by atoms with Crippen LogP contribution < -0.4 is 5.32 Å². The summed E-state index contributed by atoms with van der Waals surface area (Å²) in [5.74, 6) is 0.0253. The van der Waals surface area contributed by atoms with Crippen molar-refractivity contribution in [3.05, 3.63) is 70.3 Å². The summed E-state index contributed by atoms with van der Waals surface area (Å²) in [6, 6.07) is 15.0. The lowest BCUT2D eigenvalue weighted by Crippen LogP contribution is -2.13. The molecule has 4 aromatic rings. The highest BCUT2D eigenvalue weighted by molar-refractivity contribution is 7.59. The lowest BCUT2D eigenvalue weighted by atomic mass is 9.92. The molecule has 1 amide bonds. The number of ether oxygens (including phenoxy) is 1. The van der Waals surface area contributed by atoms with Gasteiger partial charge < -0.3 is 19.7 Å². The van der Waals surface area contributed by atoms with Crippen molar-refractivity contribution < 1.29 is 14.6 Å². The van der Waals surface area contributed by atoms with Crippen molar-refractivity contribution in [2.24, 2.45) is 0 Å². The maximum Gasteiger partial charge on any atom is 0.252 e. The van der Waals surface area contributed by atoms with Crippen LogP contribution in [0.2, 0.25) is 0 Å². The number of carbonyl (C=O) groups excluding carboxylic acids is 1. The topological polar surface area (TPSA) is 63.5 Å². The van der Waals surface area contributed by atoms with E-state index in [-0.39, 0.29) is 32.1 Å². The van der Waals surface area contributed by atoms with E-state index >= 15 is 0 Å². The first-order chi connectivity index (χ1) is 16.6. The Morgan fingerprint density at radius 1 is 1.14 bits per heavy atom. The third kappa shape index (κ3) is 3.66. The highest BCUT2D eigenvalue weighted by Gasteiger charge is 2.35. The first kappa shape index (κ1) is 23.9. The highest BCUT2D eigenvalue weighted by atomic mass is 32.1. The van der Waals surface area contributed by atoms with Gasteiger partial charge in [0.15, 0.2) is 0 Å². The van der Waals surface area contributed by atoms with Crippen LogP contribution in [0.25, 0.3) is 32.9 Å². The summed E-state index contributed by atoms with van der Waals surface area (Å²) in [4.78, 5) is 13.1. The molecule has 5 nitrogen and oxygen atoms in total. The van der Waals surface area contributed by atoms with Gasteiger partial charge >= 0.3 is 0 Å². The Kier molecular flexibility index (Phi) is 6.38. The van der Waals surface area contributed by atoms with Crippen LogP contribution in [-0.2, 0) is 30.9 Å². The van der Waals surface area contributed by atoms with Gasteiger partial charge in [-0.1, -0.05) is 37.3 Å². The zero-order valence-corrected chi connectivity index (χ0v) is 21.3. The Bertz CT molecular complexity index is 1460. The first-order valence-corrected chi connectivity index (χ1v) is 12.3. The Morgan fingerprint density at radius 2 is 1.97 bits per heavy atom. The number of nitrogens with zero attached hydrogens (tertiary/aromatic N) is 1. The van der Waals surface area contributed by atoms with E-state index in [1.54, 1.807) is 0 Å². The van der Waals surface area contributed by atoms with Crippen molar-refractivity contribution in [3.8, 4) is 11.1 Å². The summed E-state index contributed by atoms with van der Waals surface area (Å²) in [7, 11) is 0. The number of nitrogens with one attached hydrogen (secondary N) is 1. The molecule has 0 radical (unpaired) electrons. The third-order valence-electron chi connectivity index (χ3n) is 7.52. The van der Waals surface area contributed by atoms with E-state index in [0.717, 1.165) is 47.2 Å². The van der Waals surface area contributed by atoms with Gasteiger partial charge in [0.1, 0.15) is 0 Å². The summed E-state index contributed by atoms with van der Waals surface area (Å²) < 4.78 is 8.40. The first-order valence-electron chi connectivity index (χ1n) is 12.3. The van der Waals surface area contributed by atoms with Gasteiger partial charge in [-0.25, -0.2) is 0 Å². The fourth-order valence-corrected chi connectivity index (χ4v) is 5.74. The number of benzene rings is 3. The van der Waals surface area contributed by atoms with E-state index in [9.17, 15) is 9.90 Å². The number of carbonyl (C=O) groups is 1. The van der Waals surface area contributed by atoms with Crippen LogP contribution in [0, 0.1) is 0 Å². The van der Waals surface area contributed by atoms with Gasteiger partial charge in [0.05, 0.1) is 23.8 Å². The molecule has 182 valence electrons. The smallest absolute Gasteiger partial charge is 0.252 e. The SMILES string of the molecule is CC[C@@H](C)OCc1ccc2c(c1)c1c3c(c4c(c1n2CCCO)Cc1ccccc1-4)C(=O)NC3.S. The molecule has 6 heteroatoms. The van der Waals surface area contributed by atoms with Crippen molar-refractivity contribution in [3.63, 3.8) is 0 Å². The van der Waals surface area contributed by atoms with E-state index < -0.39 is 0 Å². The maximum absolute atomic E-state index is 13.1. The molecule has 1 aliphatic carbocycles. The number of aryl methyl sites for hydroxylation is 1. The molecule has 3 aromatic carbocycles. The number of amides is 1. The second-order valence-electron chi connectivity index (χ2n) is 9.56. The predicted octanol–water partition coefficient (Wildman–Crippen LogP) is 5.42. The minimum absolute atomic E-state index is 0. The Balaban J connectivity index is 0.00000253. The van der Waals surface area contributed by atoms with Crippen LogP contribution in [0.15, 0.2) is 42.5 Å². The van der Waals surface area contributed by atoms with Gasteiger partial charge in [0.2, 0.25) is 0 Å². The van der Waals surface area contributed by atoms with Crippen LogP contribution >= 0.6 is 13.5 Å². The second kappa shape index (κ2) is 9.34. The number of hydrogen-bond donors (Lipinski definition) is 2. The molecule has 0 unspecified atom stereocenters. The summed E-state index contributed by atoms with van der Waals surface area (Å²) >= 11 is 0. The van der Waals surface area contributed by atoms with Crippen LogP contribution in [0.3, 0.4) is 0 Å². The minimum atomic E-state index is 0. The number of aliphatic hydroxyl groups is 1. The van der Waals surface area contributed by atoms with Gasteiger partial charge in [0, 0.05) is 48.0 Å². The molecular formula is C29H32N2O3S. The van der Waals surface area contributed by atoms with E-state index in [1.807, 2.05) is 0 Å². The fourth-order valence-electron chi connectivity index (χ4n) is 5.74. The molecule has 0 spiro atoms. The molecule has 0 fully saturated rings. The van der Waals surface area contributed by atoms with Crippen LogP contribution in [0.1, 0.15) is 59.3 Å². The normalized spacial score (nSPS) is 14.5. The number of aliphatic hydroxyl groups excluding tert-OH is 1. The molecule has 6 rings (SSSR count). The molecule has 1 aromatic heterocycles. The fraction of sp³-hybridized carbons (Fsp3) is 0.345. The van der Waals surface area contributed by atoms with E-state index in [2.05, 4.69) is 66.2 Å². The molecule has 0 bridgehead atoms. The van der Waals surface area contributed by atoms with Gasteiger partial charge in [-0.05, 0) is 59.7 Å². The average molecular weight is 489 g/mol. The van der Waals surface area contributed by atoms with Crippen LogP contribution in [-0.4, -0.2) is 28.3 Å². The molecule has 35 heavy (non-hydrogen) atoms. The zero-order valence-electron chi connectivity index (χ0n) is 20.3. The van der Waals surface area contributed by atoms with Gasteiger partial charge in [-0.2, -0.15) is 13.5 Å². The predicted molar refractivity (Wildman–Crippen MR) is 145 cm³/mol. The minimum Gasteiger partial charge on any atom is -0.396 e. The van der Waals surface area contributed by atoms with E-state index in [0.29, 0.717) is 19.6 Å². The quantitative estimate of drug-likeness (QED) is 0.322. The monoisotopic (exact) mass is 488 g/mol. The molecule has 2 aliphatic rings. The summed E-state index contributed by atoms with van der Waals surface area (Å²) in [5, 5.41) is 15.1. The van der Waals surface area contributed by atoms with Crippen molar-refractivity contribution in [1.82, 2.24) is 9.88 Å². The van der Waals surface area contributed by atoms with E-state index in [4.69, 9.17) is 4.74 Å². The number of fused-ring (bicyclic) bond motifs is 10. The average Bonchev–Trinajstić information content (AvgIpc) is 3.52. The molecule has 1 aliphatic heterocycles. The Morgan fingerprint density at radius 3 is 2.77 bits per heavy atom. The number of rotatable bonds is 7. The van der Waals surface area contributed by atoms with Crippen LogP contribution in [0.4, 0.5) is 0 Å². The third-order valence-corrected chi connectivity index (χ3v) is 7.52. The van der Waals surface area contributed by atoms with Crippen molar-refractivity contribution >= 4 is 41.2 Å². The number of hydrogen-bond acceptors (Lipinski definition) is 3. The van der Waals surface area contributed by atoms with Gasteiger partial charge in [-0.15, -0.1) is 0 Å². The van der Waals surface area contributed by atoms with Crippen molar-refractivity contribution in [2.75, 3.05) is 6.61 Å². The Labute approximate surface area is 212 Å². The maximum atomic E-state index is 13.1. The molecule has 1 atom stereocenters. The van der Waals surface area contributed by atoms with Crippen molar-refractivity contribution in [1.29, 1.82) is 0 Å². The van der Waals surface area contributed by atoms with Gasteiger partial charge in [0.25, 0.3) is 5.91 Å². The van der Waals surface area contributed by atoms with Crippen LogP contribution in [0.5, 0.6) is 0 Å². The second-order valence-corrected chi connectivity index (χ2v) is 9.56. The molecule has 2 heterocycles. The number of aromatic nitrogens is 1. The largest absolute Gasteiger partial charge is 0.396 e. The summed E-state index contributed by atoms with van der Waals surface area (Å²) in [5.41, 5.74) is 10.2. The molecule has 2 N–H and O–H groups in total. The molecule has 0 saturated heterocycles. The summed E-state index contributed by atoms with van der Waals surface area (Å²) in [6.07, 6.45) is 2.71. The van der Waals surface area contributed by atoms with Crippen molar-refractivity contribution in [2.45, 2.75) is 58.9 Å². The summed E-state index contributed by atoms with van der Waals surface area (Å²) in [6.45, 7) is 6.24. The van der Waals surface area contributed by atoms with Gasteiger partial charge in [-0.3, -0.25) is 4.79 Å².